The quantitative estimate of drug-likeness (QED) is 0.316. The summed E-state index contributed by atoms with van der Waals surface area (Å²) in [5.41, 5.74) is 2.82. The highest BCUT2D eigenvalue weighted by Crippen LogP contribution is 2.38. The molecular formula is C24H23FN6O4. The van der Waals surface area contributed by atoms with E-state index < -0.39 is 17.2 Å². The summed E-state index contributed by atoms with van der Waals surface area (Å²) in [4.78, 5) is 43.9. The number of fused-ring (bicyclic) bond motifs is 1. The first-order chi connectivity index (χ1) is 16.9. The summed E-state index contributed by atoms with van der Waals surface area (Å²) < 4.78 is 16.9. The van der Waals surface area contributed by atoms with Gasteiger partial charge in [-0.15, -0.1) is 0 Å². The Labute approximate surface area is 199 Å². The van der Waals surface area contributed by atoms with Gasteiger partial charge in [0.05, 0.1) is 11.2 Å². The van der Waals surface area contributed by atoms with Crippen LogP contribution in [0.1, 0.15) is 39.6 Å². The smallest absolute Gasteiger partial charge is 0.341 e. The molecule has 1 aromatic carbocycles. The fraction of sp³-hybridized carbons (Fsp3) is 0.292. The van der Waals surface area contributed by atoms with Crippen molar-refractivity contribution in [3.63, 3.8) is 0 Å². The molecule has 0 unspecified atom stereocenters. The van der Waals surface area contributed by atoms with E-state index in [0.717, 1.165) is 18.9 Å². The molecule has 2 fully saturated rings. The molecular weight excluding hydrogens is 455 g/mol. The molecule has 11 heteroatoms. The van der Waals surface area contributed by atoms with Gasteiger partial charge in [-0.05, 0) is 37.1 Å². The predicted octanol–water partition coefficient (Wildman–Crippen LogP) is 2.06. The average Bonchev–Trinajstić information content (AvgIpc) is 3.70. The Morgan fingerprint density at radius 3 is 2.51 bits per heavy atom. The lowest BCUT2D eigenvalue weighted by atomic mass is 10.1. The molecule has 0 bridgehead atoms. The molecule has 3 aromatic rings. The van der Waals surface area contributed by atoms with Crippen LogP contribution < -0.4 is 15.8 Å². The van der Waals surface area contributed by atoms with Gasteiger partial charge in [-0.2, -0.15) is 5.10 Å². The number of hydrazone groups is 1. The van der Waals surface area contributed by atoms with E-state index in [1.54, 1.807) is 29.1 Å². The molecule has 2 N–H and O–H groups in total. The zero-order valence-electron chi connectivity index (χ0n) is 18.7. The first-order valence-electron chi connectivity index (χ1n) is 11.3. The maximum Gasteiger partial charge on any atom is 0.341 e. The molecule has 1 amide bonds. The second-order valence-electron chi connectivity index (χ2n) is 8.58. The summed E-state index contributed by atoms with van der Waals surface area (Å²) in [7, 11) is 0. The Hall–Kier alpha value is -4.28. The van der Waals surface area contributed by atoms with E-state index in [-0.39, 0.29) is 22.9 Å². The summed E-state index contributed by atoms with van der Waals surface area (Å²) in [5, 5.41) is 13.5. The number of nitrogens with one attached hydrogen (secondary N) is 1. The van der Waals surface area contributed by atoms with Gasteiger partial charge in [-0.3, -0.25) is 14.6 Å². The minimum atomic E-state index is -1.31. The van der Waals surface area contributed by atoms with E-state index in [1.807, 2.05) is 9.80 Å². The molecule has 3 heterocycles. The number of hydrogen-bond acceptors (Lipinski definition) is 6. The highest BCUT2D eigenvalue weighted by Gasteiger charge is 2.28. The van der Waals surface area contributed by atoms with Crippen molar-refractivity contribution in [3.8, 4) is 0 Å². The molecule has 180 valence electrons. The zero-order valence-corrected chi connectivity index (χ0v) is 18.7. The third-order valence-corrected chi connectivity index (χ3v) is 6.26. The Kier molecular flexibility index (Phi) is 5.89. The molecule has 1 saturated heterocycles. The Morgan fingerprint density at radius 1 is 1.14 bits per heavy atom. The first kappa shape index (κ1) is 22.5. The monoisotopic (exact) mass is 478 g/mol. The number of rotatable bonds is 6. The number of amides is 1. The number of aromatic carboxylic acids is 1. The number of carbonyl (C=O) groups excluding carboxylic acids is 1. The molecule has 2 aliphatic rings. The van der Waals surface area contributed by atoms with Crippen molar-refractivity contribution in [3.05, 3.63) is 70.0 Å². The third kappa shape index (κ3) is 4.57. The SMILES string of the molecule is O=C(N/N=C\N1CCN(c2cc3c(cc2F)c(=O)c(C(=O)O)cn3C2CC2)CC1)c1ccncc1. The lowest BCUT2D eigenvalue weighted by Crippen LogP contribution is -2.46. The van der Waals surface area contributed by atoms with Crippen LogP contribution in [0.2, 0.25) is 0 Å². The van der Waals surface area contributed by atoms with Gasteiger partial charge in [0.1, 0.15) is 17.7 Å². The number of halogens is 1. The second-order valence-corrected chi connectivity index (χ2v) is 8.58. The number of carboxylic acid groups (broad SMARTS) is 1. The normalized spacial score (nSPS) is 16.1. The highest BCUT2D eigenvalue weighted by atomic mass is 19.1. The lowest BCUT2D eigenvalue weighted by Gasteiger charge is -2.35. The number of benzene rings is 1. The van der Waals surface area contributed by atoms with Gasteiger partial charge in [0.25, 0.3) is 5.91 Å². The fourth-order valence-electron chi connectivity index (χ4n) is 4.22. The van der Waals surface area contributed by atoms with Gasteiger partial charge in [0.2, 0.25) is 5.43 Å². The number of hydrogen-bond donors (Lipinski definition) is 2. The molecule has 1 aliphatic carbocycles. The van der Waals surface area contributed by atoms with E-state index >= 15 is 4.39 Å². The van der Waals surface area contributed by atoms with E-state index in [9.17, 15) is 19.5 Å². The maximum absolute atomic E-state index is 15.1. The van der Waals surface area contributed by atoms with Crippen molar-refractivity contribution < 1.29 is 19.1 Å². The molecule has 10 nitrogen and oxygen atoms in total. The van der Waals surface area contributed by atoms with Crippen LogP contribution in [0.4, 0.5) is 10.1 Å². The molecule has 5 rings (SSSR count). The first-order valence-corrected chi connectivity index (χ1v) is 11.3. The van der Waals surface area contributed by atoms with Crippen LogP contribution in [-0.4, -0.2) is 64.0 Å². The van der Waals surface area contributed by atoms with Gasteiger partial charge in [-0.1, -0.05) is 0 Å². The van der Waals surface area contributed by atoms with Crippen LogP contribution >= 0.6 is 0 Å². The molecule has 1 aliphatic heterocycles. The summed E-state index contributed by atoms with van der Waals surface area (Å²) in [6.07, 6.45) is 7.75. The van der Waals surface area contributed by atoms with Gasteiger partial charge in [-0.25, -0.2) is 14.6 Å². The zero-order chi connectivity index (χ0) is 24.5. The Morgan fingerprint density at radius 2 is 1.86 bits per heavy atom. The van der Waals surface area contributed by atoms with E-state index in [0.29, 0.717) is 42.9 Å². The van der Waals surface area contributed by atoms with Crippen LogP contribution in [0.15, 0.2) is 52.8 Å². The van der Waals surface area contributed by atoms with Crippen molar-refractivity contribution in [2.24, 2.45) is 5.10 Å². The molecule has 0 atom stereocenters. The number of pyridine rings is 2. The van der Waals surface area contributed by atoms with Gasteiger partial charge < -0.3 is 19.5 Å². The average molecular weight is 478 g/mol. The highest BCUT2D eigenvalue weighted by molar-refractivity contribution is 5.94. The summed E-state index contributed by atoms with van der Waals surface area (Å²) in [6.45, 7) is 2.13. The summed E-state index contributed by atoms with van der Waals surface area (Å²) >= 11 is 0. The van der Waals surface area contributed by atoms with E-state index in [4.69, 9.17) is 0 Å². The van der Waals surface area contributed by atoms with Crippen molar-refractivity contribution in [1.29, 1.82) is 0 Å². The third-order valence-electron chi connectivity index (χ3n) is 6.26. The van der Waals surface area contributed by atoms with Crippen molar-refractivity contribution >= 4 is 34.8 Å². The van der Waals surface area contributed by atoms with Gasteiger partial charge in [0, 0.05) is 61.8 Å². The molecule has 2 aromatic heterocycles. The van der Waals surface area contributed by atoms with Gasteiger partial charge >= 0.3 is 5.97 Å². The fourth-order valence-corrected chi connectivity index (χ4v) is 4.22. The molecule has 0 radical (unpaired) electrons. The van der Waals surface area contributed by atoms with Crippen LogP contribution in [-0.2, 0) is 0 Å². The number of piperazine rings is 1. The van der Waals surface area contributed by atoms with Gasteiger partial charge in [0.15, 0.2) is 0 Å². The Bertz CT molecular complexity index is 1380. The van der Waals surface area contributed by atoms with Crippen molar-refractivity contribution in [1.82, 2.24) is 19.9 Å². The molecule has 0 spiro atoms. The van der Waals surface area contributed by atoms with Crippen LogP contribution in [0, 0.1) is 5.82 Å². The number of carbonyl (C=O) groups is 2. The van der Waals surface area contributed by atoms with Crippen molar-refractivity contribution in [2.45, 2.75) is 18.9 Å². The largest absolute Gasteiger partial charge is 0.477 e. The van der Waals surface area contributed by atoms with Crippen molar-refractivity contribution in [2.75, 3.05) is 31.1 Å². The van der Waals surface area contributed by atoms with Crippen LogP contribution in [0.5, 0.6) is 0 Å². The molecule has 1 saturated carbocycles. The van der Waals surface area contributed by atoms with Crippen LogP contribution in [0.25, 0.3) is 10.9 Å². The summed E-state index contributed by atoms with van der Waals surface area (Å²) in [6, 6.07) is 6.10. The minimum Gasteiger partial charge on any atom is -0.477 e. The number of aromatic nitrogens is 2. The number of carboxylic acids is 1. The van der Waals surface area contributed by atoms with Crippen LogP contribution in [0.3, 0.4) is 0 Å². The molecule has 35 heavy (non-hydrogen) atoms. The maximum atomic E-state index is 15.1. The minimum absolute atomic E-state index is 0.0776. The van der Waals surface area contributed by atoms with E-state index in [2.05, 4.69) is 15.5 Å². The van der Waals surface area contributed by atoms with E-state index in [1.165, 1.54) is 18.6 Å². The topological polar surface area (TPSA) is 120 Å². The number of nitrogens with zero attached hydrogens (tertiary/aromatic N) is 5. The number of anilines is 1. The predicted molar refractivity (Wildman–Crippen MR) is 127 cm³/mol. The second kappa shape index (κ2) is 9.16. The summed E-state index contributed by atoms with van der Waals surface area (Å²) in [5.74, 6) is -2.22. The Balaban J connectivity index is 1.31. The lowest BCUT2D eigenvalue weighted by molar-refractivity contribution is 0.0694. The standard InChI is InChI=1S/C24H23FN6O4/c25-19-11-17-20(31(16-1-2-16)13-18(22(17)32)24(34)35)12-21(19)30-9-7-29(8-10-30)14-27-28-23(33)15-3-5-26-6-4-15/h3-6,11-14,16H,1-2,7-10H2,(H,28,33)(H,34,35)/b27-14-.